The van der Waals surface area contributed by atoms with E-state index in [1.165, 1.54) is 0 Å². The van der Waals surface area contributed by atoms with Crippen molar-refractivity contribution in [2.45, 2.75) is 38.2 Å². The Balaban J connectivity index is 1.59. The van der Waals surface area contributed by atoms with E-state index in [1.807, 2.05) is 0 Å². The van der Waals surface area contributed by atoms with Crippen LogP contribution in [0, 0.1) is 0 Å². The minimum Gasteiger partial charge on any atom is -0.478 e. The van der Waals surface area contributed by atoms with Crippen LogP contribution in [-0.2, 0) is 20.7 Å². The van der Waals surface area contributed by atoms with Crippen molar-refractivity contribution >= 4 is 11.9 Å². The van der Waals surface area contributed by atoms with Gasteiger partial charge in [-0.15, -0.1) is 0 Å². The molecule has 1 aromatic rings. The van der Waals surface area contributed by atoms with Crippen LogP contribution in [0.2, 0.25) is 0 Å². The maximum absolute atomic E-state index is 11.8. The monoisotopic (exact) mass is 335 g/mol. The van der Waals surface area contributed by atoms with E-state index in [0.29, 0.717) is 25.1 Å². The van der Waals surface area contributed by atoms with Crippen molar-refractivity contribution in [2.75, 3.05) is 26.4 Å². The van der Waals surface area contributed by atoms with E-state index in [1.54, 1.807) is 24.3 Å². The number of benzene rings is 1. The first-order chi connectivity index (χ1) is 11.7. The third-order valence-electron chi connectivity index (χ3n) is 4.03. The van der Waals surface area contributed by atoms with Crippen LogP contribution in [0.25, 0.3) is 0 Å². The topological polar surface area (TPSA) is 84.9 Å². The number of aryl methyl sites for hydroxylation is 1. The van der Waals surface area contributed by atoms with Gasteiger partial charge in [0.25, 0.3) is 0 Å². The van der Waals surface area contributed by atoms with Crippen LogP contribution in [0.15, 0.2) is 24.3 Å². The minimum atomic E-state index is -0.962. The lowest BCUT2D eigenvalue weighted by molar-refractivity contribution is -0.121. The van der Waals surface area contributed by atoms with Gasteiger partial charge in [0.05, 0.1) is 11.7 Å². The van der Waals surface area contributed by atoms with Gasteiger partial charge in [0.1, 0.15) is 0 Å². The average Bonchev–Trinajstić information content (AvgIpc) is 2.60. The lowest BCUT2D eigenvalue weighted by atomic mass is 10.0. The fourth-order valence-electron chi connectivity index (χ4n) is 2.68. The average molecular weight is 335 g/mol. The molecule has 6 nitrogen and oxygen atoms in total. The quantitative estimate of drug-likeness (QED) is 0.675. The number of nitrogens with one attached hydrogen (secondary N) is 1. The molecule has 0 spiro atoms. The summed E-state index contributed by atoms with van der Waals surface area (Å²) in [5, 5.41) is 12.0. The van der Waals surface area contributed by atoms with E-state index in [2.05, 4.69) is 5.32 Å². The summed E-state index contributed by atoms with van der Waals surface area (Å²) >= 11 is 0. The third-order valence-corrected chi connectivity index (χ3v) is 4.03. The number of carboxylic acids is 1. The molecule has 1 saturated heterocycles. The van der Waals surface area contributed by atoms with Crippen molar-refractivity contribution in [3.63, 3.8) is 0 Å². The number of carboxylic acid groups (broad SMARTS) is 1. The summed E-state index contributed by atoms with van der Waals surface area (Å²) < 4.78 is 11.0. The molecule has 24 heavy (non-hydrogen) atoms. The van der Waals surface area contributed by atoms with Crippen LogP contribution in [0.1, 0.15) is 41.6 Å². The number of hydrogen-bond acceptors (Lipinski definition) is 4. The number of ether oxygens (including phenoxy) is 2. The molecule has 2 N–H and O–H groups in total. The molecule has 1 heterocycles. The van der Waals surface area contributed by atoms with E-state index in [4.69, 9.17) is 14.6 Å². The van der Waals surface area contributed by atoms with Crippen molar-refractivity contribution < 1.29 is 24.2 Å². The highest BCUT2D eigenvalue weighted by molar-refractivity contribution is 5.89. The summed E-state index contributed by atoms with van der Waals surface area (Å²) in [6.45, 7) is 2.73. The molecule has 0 aromatic heterocycles. The van der Waals surface area contributed by atoms with Crippen LogP contribution in [0.4, 0.5) is 0 Å². The van der Waals surface area contributed by atoms with E-state index in [0.717, 1.165) is 32.5 Å². The van der Waals surface area contributed by atoms with Gasteiger partial charge in [-0.25, -0.2) is 4.79 Å². The molecule has 1 aromatic carbocycles. The first kappa shape index (κ1) is 18.4. The van der Waals surface area contributed by atoms with Crippen LogP contribution in [0.5, 0.6) is 0 Å². The summed E-state index contributed by atoms with van der Waals surface area (Å²) in [7, 11) is 0. The highest BCUT2D eigenvalue weighted by Gasteiger charge is 2.13. The fourth-order valence-corrected chi connectivity index (χ4v) is 2.68. The molecule has 1 aliphatic heterocycles. The zero-order valence-corrected chi connectivity index (χ0v) is 13.8. The van der Waals surface area contributed by atoms with E-state index in [9.17, 15) is 9.59 Å². The fraction of sp³-hybridized carbons (Fsp3) is 0.556. The number of amides is 1. The van der Waals surface area contributed by atoms with Crippen LogP contribution < -0.4 is 5.32 Å². The Morgan fingerprint density at radius 3 is 2.75 bits per heavy atom. The first-order valence-electron chi connectivity index (χ1n) is 8.44. The molecular formula is C18H25NO5. The third kappa shape index (κ3) is 6.29. The van der Waals surface area contributed by atoms with Gasteiger partial charge >= 0.3 is 5.97 Å². The molecule has 0 saturated carbocycles. The zero-order chi connectivity index (χ0) is 17.2. The number of hydrogen-bond donors (Lipinski definition) is 2. The zero-order valence-electron chi connectivity index (χ0n) is 13.8. The Morgan fingerprint density at radius 2 is 2.00 bits per heavy atom. The number of carbonyl (C=O) groups excluding carboxylic acids is 1. The van der Waals surface area contributed by atoms with Gasteiger partial charge in [-0.05, 0) is 37.3 Å². The molecule has 6 heteroatoms. The number of rotatable bonds is 9. The summed E-state index contributed by atoms with van der Waals surface area (Å²) in [4.78, 5) is 23.0. The van der Waals surface area contributed by atoms with Crippen LogP contribution in [-0.4, -0.2) is 49.5 Å². The Morgan fingerprint density at radius 1 is 1.25 bits per heavy atom. The largest absolute Gasteiger partial charge is 0.478 e. The molecular weight excluding hydrogens is 310 g/mol. The Labute approximate surface area is 142 Å². The van der Waals surface area contributed by atoms with Crippen LogP contribution >= 0.6 is 0 Å². The summed E-state index contributed by atoms with van der Waals surface area (Å²) in [5.41, 5.74) is 0.943. The highest BCUT2D eigenvalue weighted by Crippen LogP contribution is 2.12. The molecule has 132 valence electrons. The molecule has 1 amide bonds. The van der Waals surface area contributed by atoms with Gasteiger partial charge < -0.3 is 19.9 Å². The van der Waals surface area contributed by atoms with Crippen LogP contribution in [0.3, 0.4) is 0 Å². The summed E-state index contributed by atoms with van der Waals surface area (Å²) in [6, 6.07) is 6.78. The smallest absolute Gasteiger partial charge is 0.335 e. The number of aromatic carboxylic acids is 1. The maximum Gasteiger partial charge on any atom is 0.335 e. The predicted molar refractivity (Wildman–Crippen MR) is 89.1 cm³/mol. The lowest BCUT2D eigenvalue weighted by Crippen LogP contribution is -2.27. The predicted octanol–water partition coefficient (Wildman–Crippen LogP) is 2.02. The SMILES string of the molecule is O=C(CCc1ccccc1C(=O)O)NCCCOC1CCOCC1. The van der Waals surface area contributed by atoms with Crippen molar-refractivity contribution in [1.82, 2.24) is 5.32 Å². The molecule has 0 radical (unpaired) electrons. The van der Waals surface area contributed by atoms with Gasteiger partial charge in [-0.1, -0.05) is 18.2 Å². The van der Waals surface area contributed by atoms with Crippen molar-refractivity contribution in [2.24, 2.45) is 0 Å². The second kappa shape index (κ2) is 10.1. The summed E-state index contributed by atoms with van der Waals surface area (Å²) in [6.07, 6.45) is 3.64. The molecule has 0 aliphatic carbocycles. The molecule has 1 fully saturated rings. The summed E-state index contributed by atoms with van der Waals surface area (Å²) in [5.74, 6) is -1.03. The van der Waals surface area contributed by atoms with Crippen molar-refractivity contribution in [1.29, 1.82) is 0 Å². The van der Waals surface area contributed by atoms with Gasteiger partial charge in [0, 0.05) is 32.8 Å². The molecule has 2 rings (SSSR count). The highest BCUT2D eigenvalue weighted by atomic mass is 16.5. The lowest BCUT2D eigenvalue weighted by Gasteiger charge is -2.22. The van der Waals surface area contributed by atoms with Gasteiger partial charge in [-0.3, -0.25) is 4.79 Å². The molecule has 1 aliphatic rings. The minimum absolute atomic E-state index is 0.0683. The Kier molecular flexibility index (Phi) is 7.71. The first-order valence-corrected chi connectivity index (χ1v) is 8.44. The second-order valence-corrected chi connectivity index (χ2v) is 5.85. The molecule has 0 atom stereocenters. The van der Waals surface area contributed by atoms with E-state index >= 15 is 0 Å². The number of carbonyl (C=O) groups is 2. The second-order valence-electron chi connectivity index (χ2n) is 5.85. The van der Waals surface area contributed by atoms with Gasteiger partial charge in [0.15, 0.2) is 0 Å². The van der Waals surface area contributed by atoms with Crippen molar-refractivity contribution in [3.8, 4) is 0 Å². The van der Waals surface area contributed by atoms with Gasteiger partial charge in [-0.2, -0.15) is 0 Å². The Hall–Kier alpha value is -1.92. The molecule has 0 unspecified atom stereocenters. The van der Waals surface area contributed by atoms with E-state index < -0.39 is 5.97 Å². The standard InChI is InChI=1S/C18H25NO5/c20-17(7-6-14-4-1-2-5-16(14)18(21)22)19-10-3-11-24-15-8-12-23-13-9-15/h1-2,4-5,15H,3,6-13H2,(H,19,20)(H,21,22). The van der Waals surface area contributed by atoms with Crippen molar-refractivity contribution in [3.05, 3.63) is 35.4 Å². The normalized spacial score (nSPS) is 15.2. The van der Waals surface area contributed by atoms with E-state index in [-0.39, 0.29) is 24.0 Å². The molecule has 0 bridgehead atoms. The maximum atomic E-state index is 11.8. The Bertz CT molecular complexity index is 540. The van der Waals surface area contributed by atoms with Gasteiger partial charge in [0.2, 0.25) is 5.91 Å².